The third-order valence-electron chi connectivity index (χ3n) is 2.54. The molecule has 0 aromatic rings. The molecule has 0 saturated carbocycles. The molecule has 0 heterocycles. The van der Waals surface area contributed by atoms with Crippen molar-refractivity contribution < 1.29 is 5.11 Å². The molecule has 1 aliphatic rings. The molecule has 1 aliphatic carbocycles. The summed E-state index contributed by atoms with van der Waals surface area (Å²) in [7, 11) is 0. The van der Waals surface area contributed by atoms with E-state index in [2.05, 4.69) is 13.8 Å². The lowest BCUT2D eigenvalue weighted by Gasteiger charge is -2.31. The van der Waals surface area contributed by atoms with E-state index in [-0.39, 0.29) is 0 Å². The van der Waals surface area contributed by atoms with E-state index in [1.54, 1.807) is 0 Å². The predicted octanol–water partition coefficient (Wildman–Crippen LogP) is 2.28. The molecular formula is C10H16O. The Kier molecular flexibility index (Phi) is 2.50. The predicted molar refractivity (Wildman–Crippen MR) is 47.3 cm³/mol. The maximum absolute atomic E-state index is 10.0. The Morgan fingerprint density at radius 3 is 2.73 bits per heavy atom. The second-order valence-corrected chi connectivity index (χ2v) is 3.29. The van der Waals surface area contributed by atoms with Gasteiger partial charge >= 0.3 is 0 Å². The third-order valence-corrected chi connectivity index (χ3v) is 2.54. The van der Waals surface area contributed by atoms with Crippen LogP contribution < -0.4 is 0 Å². The minimum absolute atomic E-state index is 0.351. The Balaban J connectivity index is 2.67. The molecule has 62 valence electrons. The van der Waals surface area contributed by atoms with Gasteiger partial charge in [0.15, 0.2) is 0 Å². The average Bonchev–Trinajstić information content (AvgIpc) is 2.04. The summed E-state index contributed by atoms with van der Waals surface area (Å²) in [5.41, 5.74) is -0.580. The first kappa shape index (κ1) is 8.54. The summed E-state index contributed by atoms with van der Waals surface area (Å²) >= 11 is 0. The van der Waals surface area contributed by atoms with Gasteiger partial charge in [0, 0.05) is 0 Å². The topological polar surface area (TPSA) is 20.2 Å². The smallest absolute Gasteiger partial charge is 0.0890 e. The van der Waals surface area contributed by atoms with Gasteiger partial charge in [0.1, 0.15) is 0 Å². The van der Waals surface area contributed by atoms with Crippen molar-refractivity contribution in [2.45, 2.75) is 32.3 Å². The van der Waals surface area contributed by atoms with Crippen LogP contribution in [0.5, 0.6) is 0 Å². The first-order chi connectivity index (χ1) is 5.19. The Hall–Kier alpha value is -0.560. The lowest BCUT2D eigenvalue weighted by molar-refractivity contribution is 0.0358. The summed E-state index contributed by atoms with van der Waals surface area (Å²) < 4.78 is 0. The highest BCUT2D eigenvalue weighted by atomic mass is 16.3. The number of hydrogen-bond donors (Lipinski definition) is 1. The quantitative estimate of drug-likeness (QED) is 0.643. The Morgan fingerprint density at radius 2 is 2.27 bits per heavy atom. The fourth-order valence-electron chi connectivity index (χ4n) is 1.34. The maximum Gasteiger partial charge on any atom is 0.0890 e. The van der Waals surface area contributed by atoms with Crippen molar-refractivity contribution in [2.24, 2.45) is 5.92 Å². The molecule has 0 spiro atoms. The van der Waals surface area contributed by atoms with Crippen LogP contribution in [0.3, 0.4) is 0 Å². The fourth-order valence-corrected chi connectivity index (χ4v) is 1.34. The molecule has 0 aromatic heterocycles. The first-order valence-corrected chi connectivity index (χ1v) is 4.26. The fraction of sp³-hybridized carbons (Fsp3) is 0.600. The third kappa shape index (κ3) is 1.72. The van der Waals surface area contributed by atoms with Crippen molar-refractivity contribution in [2.75, 3.05) is 0 Å². The summed E-state index contributed by atoms with van der Waals surface area (Å²) in [6, 6.07) is 0. The average molecular weight is 152 g/mol. The standard InChI is InChI=1S/C10H16O/c1-3-9(2)10(11)7-5-4-6-8-10/h4-7,9,11H,3,8H2,1-2H3/t9-,10-/m1/s1. The molecule has 11 heavy (non-hydrogen) atoms. The van der Waals surface area contributed by atoms with Gasteiger partial charge in [-0.3, -0.25) is 0 Å². The van der Waals surface area contributed by atoms with Gasteiger partial charge in [-0.2, -0.15) is 0 Å². The lowest BCUT2D eigenvalue weighted by atomic mass is 9.82. The van der Waals surface area contributed by atoms with Crippen molar-refractivity contribution in [3.63, 3.8) is 0 Å². The zero-order chi connectivity index (χ0) is 8.32. The first-order valence-electron chi connectivity index (χ1n) is 4.26. The Labute approximate surface area is 68.4 Å². The van der Waals surface area contributed by atoms with Crippen LogP contribution in [-0.4, -0.2) is 10.7 Å². The van der Waals surface area contributed by atoms with Crippen molar-refractivity contribution in [1.82, 2.24) is 0 Å². The van der Waals surface area contributed by atoms with Gasteiger partial charge in [-0.1, -0.05) is 44.6 Å². The summed E-state index contributed by atoms with van der Waals surface area (Å²) in [6.45, 7) is 4.19. The van der Waals surface area contributed by atoms with Crippen molar-refractivity contribution in [3.8, 4) is 0 Å². The molecule has 1 nitrogen and oxygen atoms in total. The summed E-state index contributed by atoms with van der Waals surface area (Å²) in [5, 5.41) is 10.0. The van der Waals surface area contributed by atoms with Crippen molar-refractivity contribution in [3.05, 3.63) is 24.3 Å². The monoisotopic (exact) mass is 152 g/mol. The van der Waals surface area contributed by atoms with Crippen LogP contribution in [0.4, 0.5) is 0 Å². The SMILES string of the molecule is CC[C@@H](C)[C@@]1(O)C=CC=CC1. The summed E-state index contributed by atoms with van der Waals surface area (Å²) in [6.07, 6.45) is 9.62. The highest BCUT2D eigenvalue weighted by Gasteiger charge is 2.28. The van der Waals surface area contributed by atoms with Crippen LogP contribution >= 0.6 is 0 Å². The minimum Gasteiger partial charge on any atom is -0.385 e. The van der Waals surface area contributed by atoms with Gasteiger partial charge in [0.2, 0.25) is 0 Å². The molecule has 0 aliphatic heterocycles. The molecule has 2 atom stereocenters. The van der Waals surface area contributed by atoms with Gasteiger partial charge in [-0.05, 0) is 12.3 Å². The van der Waals surface area contributed by atoms with E-state index < -0.39 is 5.60 Å². The number of rotatable bonds is 2. The second-order valence-electron chi connectivity index (χ2n) is 3.29. The van der Waals surface area contributed by atoms with E-state index in [1.807, 2.05) is 24.3 Å². The van der Waals surface area contributed by atoms with Crippen LogP contribution in [0.25, 0.3) is 0 Å². The van der Waals surface area contributed by atoms with Crippen LogP contribution in [-0.2, 0) is 0 Å². The minimum atomic E-state index is -0.580. The summed E-state index contributed by atoms with van der Waals surface area (Å²) in [4.78, 5) is 0. The molecule has 0 saturated heterocycles. The molecule has 1 N–H and O–H groups in total. The molecule has 0 radical (unpaired) electrons. The van der Waals surface area contributed by atoms with E-state index in [4.69, 9.17) is 0 Å². The van der Waals surface area contributed by atoms with E-state index in [0.29, 0.717) is 5.92 Å². The highest BCUT2D eigenvalue weighted by Crippen LogP contribution is 2.28. The molecule has 1 heteroatoms. The number of hydrogen-bond acceptors (Lipinski definition) is 1. The van der Waals surface area contributed by atoms with Crippen LogP contribution in [0.1, 0.15) is 26.7 Å². The van der Waals surface area contributed by atoms with E-state index >= 15 is 0 Å². The number of aliphatic hydroxyl groups is 1. The van der Waals surface area contributed by atoms with Crippen LogP contribution in [0.15, 0.2) is 24.3 Å². The zero-order valence-corrected chi connectivity index (χ0v) is 7.25. The van der Waals surface area contributed by atoms with E-state index in [0.717, 1.165) is 12.8 Å². The van der Waals surface area contributed by atoms with E-state index in [9.17, 15) is 5.11 Å². The van der Waals surface area contributed by atoms with Gasteiger partial charge in [0.25, 0.3) is 0 Å². The summed E-state index contributed by atoms with van der Waals surface area (Å²) in [5.74, 6) is 0.351. The van der Waals surface area contributed by atoms with Crippen molar-refractivity contribution >= 4 is 0 Å². The molecular weight excluding hydrogens is 136 g/mol. The lowest BCUT2D eigenvalue weighted by Crippen LogP contribution is -2.34. The Morgan fingerprint density at radius 1 is 1.55 bits per heavy atom. The van der Waals surface area contributed by atoms with Gasteiger partial charge in [-0.25, -0.2) is 0 Å². The molecule has 1 rings (SSSR count). The van der Waals surface area contributed by atoms with Crippen LogP contribution in [0.2, 0.25) is 0 Å². The molecule has 0 bridgehead atoms. The van der Waals surface area contributed by atoms with Gasteiger partial charge < -0.3 is 5.11 Å². The molecule has 0 fully saturated rings. The van der Waals surface area contributed by atoms with E-state index in [1.165, 1.54) is 0 Å². The second kappa shape index (κ2) is 3.22. The normalized spacial score (nSPS) is 32.3. The van der Waals surface area contributed by atoms with Gasteiger partial charge in [-0.15, -0.1) is 0 Å². The molecule has 0 amide bonds. The molecule has 0 unspecified atom stereocenters. The highest BCUT2D eigenvalue weighted by molar-refractivity contribution is 5.18. The van der Waals surface area contributed by atoms with Crippen molar-refractivity contribution in [1.29, 1.82) is 0 Å². The van der Waals surface area contributed by atoms with Crippen LogP contribution in [0, 0.1) is 5.92 Å². The number of allylic oxidation sites excluding steroid dienone is 2. The maximum atomic E-state index is 10.0. The molecule has 0 aromatic carbocycles. The zero-order valence-electron chi connectivity index (χ0n) is 7.25. The largest absolute Gasteiger partial charge is 0.385 e. The van der Waals surface area contributed by atoms with Gasteiger partial charge in [0.05, 0.1) is 5.60 Å². The Bertz CT molecular complexity index is 181.